The molecule has 4 heterocycles. The lowest BCUT2D eigenvalue weighted by Gasteiger charge is -2.32. The molecule has 5 aromatic rings. The van der Waals surface area contributed by atoms with E-state index in [4.69, 9.17) is 9.47 Å². The quantitative estimate of drug-likeness (QED) is 0.369. The minimum atomic E-state index is -0.0878. The van der Waals surface area contributed by atoms with Gasteiger partial charge in [-0.3, -0.25) is 4.68 Å². The normalized spacial score (nSPS) is 18.2. The van der Waals surface area contributed by atoms with E-state index in [0.717, 1.165) is 63.2 Å². The van der Waals surface area contributed by atoms with E-state index in [9.17, 15) is 0 Å². The van der Waals surface area contributed by atoms with Gasteiger partial charge in [-0.25, -0.2) is 15.0 Å². The van der Waals surface area contributed by atoms with Crippen LogP contribution < -0.4 is 15.4 Å². The Labute approximate surface area is 206 Å². The summed E-state index contributed by atoms with van der Waals surface area (Å²) in [5.74, 6) is 1.41. The highest BCUT2D eigenvalue weighted by Crippen LogP contribution is 2.37. The monoisotopic (exact) mass is 487 g/mol. The molecule has 1 fully saturated rings. The number of fused-ring (bicyclic) bond motifs is 2. The van der Waals surface area contributed by atoms with Crippen LogP contribution in [0, 0.1) is 0 Å². The lowest BCUT2D eigenvalue weighted by Crippen LogP contribution is -2.47. The smallest absolute Gasteiger partial charge is 0.145 e. The predicted molar refractivity (Wildman–Crippen MR) is 137 cm³/mol. The molecule has 0 saturated carbocycles. The van der Waals surface area contributed by atoms with Gasteiger partial charge in [-0.05, 0) is 48.9 Å². The zero-order valence-corrected chi connectivity index (χ0v) is 20.2. The minimum absolute atomic E-state index is 0.0457. The number of hydrogen-bond donors (Lipinski definition) is 2. The molecule has 0 aliphatic carbocycles. The molecule has 6 rings (SSSR count). The molecule has 35 heavy (non-hydrogen) atoms. The molecular formula is C25H25N7O2S. The average molecular weight is 488 g/mol. The SMILES string of the molecule is CO[C@H]1CNCC[C@@H]1Oc1cc(-c2cnn(C)c2)cc2ncnc(Nc3ccc4ncsc4c3)c12. The van der Waals surface area contributed by atoms with Crippen LogP contribution in [-0.4, -0.2) is 57.1 Å². The molecule has 2 atom stereocenters. The summed E-state index contributed by atoms with van der Waals surface area (Å²) >= 11 is 1.61. The molecule has 2 N–H and O–H groups in total. The van der Waals surface area contributed by atoms with Crippen molar-refractivity contribution in [1.29, 1.82) is 0 Å². The molecule has 10 heteroatoms. The summed E-state index contributed by atoms with van der Waals surface area (Å²) in [5, 5.41) is 12.0. The first-order valence-electron chi connectivity index (χ1n) is 11.5. The van der Waals surface area contributed by atoms with E-state index >= 15 is 0 Å². The van der Waals surface area contributed by atoms with E-state index in [1.165, 1.54) is 0 Å². The van der Waals surface area contributed by atoms with Gasteiger partial charge in [0, 0.05) is 38.1 Å². The first kappa shape index (κ1) is 21.9. The third-order valence-electron chi connectivity index (χ3n) is 6.28. The second-order valence-electron chi connectivity index (χ2n) is 8.58. The summed E-state index contributed by atoms with van der Waals surface area (Å²) in [5.41, 5.74) is 6.54. The highest BCUT2D eigenvalue weighted by molar-refractivity contribution is 7.16. The molecule has 178 valence electrons. The highest BCUT2D eigenvalue weighted by atomic mass is 32.1. The Hall–Kier alpha value is -3.60. The summed E-state index contributed by atoms with van der Waals surface area (Å²) in [4.78, 5) is 13.6. The molecule has 0 bridgehead atoms. The van der Waals surface area contributed by atoms with Crippen LogP contribution in [0.25, 0.3) is 32.2 Å². The molecule has 3 aromatic heterocycles. The molecule has 0 unspecified atom stereocenters. The first-order valence-corrected chi connectivity index (χ1v) is 12.3. The lowest BCUT2D eigenvalue weighted by atomic mass is 10.0. The van der Waals surface area contributed by atoms with Gasteiger partial charge in [0.25, 0.3) is 0 Å². The Morgan fingerprint density at radius 1 is 1.09 bits per heavy atom. The van der Waals surface area contributed by atoms with Crippen molar-refractivity contribution >= 4 is 44.0 Å². The van der Waals surface area contributed by atoms with E-state index in [1.807, 2.05) is 37.1 Å². The van der Waals surface area contributed by atoms with E-state index < -0.39 is 0 Å². The van der Waals surface area contributed by atoms with Crippen LogP contribution in [0.4, 0.5) is 11.5 Å². The predicted octanol–water partition coefficient (Wildman–Crippen LogP) is 4.14. The Balaban J connectivity index is 1.46. The van der Waals surface area contributed by atoms with Crippen molar-refractivity contribution in [2.45, 2.75) is 18.6 Å². The maximum Gasteiger partial charge on any atom is 0.145 e. The molecule has 9 nitrogen and oxygen atoms in total. The fourth-order valence-corrected chi connectivity index (χ4v) is 5.20. The molecule has 1 aliphatic rings. The topological polar surface area (TPSA) is 99.0 Å². The average Bonchev–Trinajstić information content (AvgIpc) is 3.53. The molecule has 0 radical (unpaired) electrons. The van der Waals surface area contributed by atoms with Gasteiger partial charge < -0.3 is 20.1 Å². The number of benzene rings is 2. The third-order valence-corrected chi connectivity index (χ3v) is 7.07. The number of rotatable bonds is 6. The Morgan fingerprint density at radius 2 is 2.03 bits per heavy atom. The van der Waals surface area contributed by atoms with Crippen LogP contribution >= 0.6 is 11.3 Å². The maximum atomic E-state index is 6.66. The number of aromatic nitrogens is 5. The number of piperidine rings is 1. The van der Waals surface area contributed by atoms with Crippen molar-refractivity contribution < 1.29 is 9.47 Å². The van der Waals surface area contributed by atoms with Crippen LogP contribution in [0.3, 0.4) is 0 Å². The summed E-state index contributed by atoms with van der Waals surface area (Å²) in [7, 11) is 3.63. The van der Waals surface area contributed by atoms with Crippen LogP contribution in [0.15, 0.2) is 54.6 Å². The van der Waals surface area contributed by atoms with E-state index in [0.29, 0.717) is 5.82 Å². The summed E-state index contributed by atoms with van der Waals surface area (Å²) in [6, 6.07) is 10.2. The minimum Gasteiger partial charge on any atom is -0.487 e. The number of thiazole rings is 1. The van der Waals surface area contributed by atoms with Crippen LogP contribution in [0.5, 0.6) is 5.75 Å². The molecule has 1 aliphatic heterocycles. The van der Waals surface area contributed by atoms with Crippen molar-refractivity contribution in [3.8, 4) is 16.9 Å². The third kappa shape index (κ3) is 4.31. The summed E-state index contributed by atoms with van der Waals surface area (Å²) < 4.78 is 15.3. The summed E-state index contributed by atoms with van der Waals surface area (Å²) in [6.07, 6.45) is 6.12. The molecular weight excluding hydrogens is 462 g/mol. The van der Waals surface area contributed by atoms with Gasteiger partial charge >= 0.3 is 0 Å². The number of anilines is 2. The fourth-order valence-electron chi connectivity index (χ4n) is 4.49. The van der Waals surface area contributed by atoms with Crippen molar-refractivity contribution in [3.05, 3.63) is 54.6 Å². The van der Waals surface area contributed by atoms with Gasteiger partial charge in [0.05, 0.1) is 32.8 Å². The van der Waals surface area contributed by atoms with Gasteiger partial charge in [0.15, 0.2) is 0 Å². The molecule has 0 spiro atoms. The van der Waals surface area contributed by atoms with Crippen molar-refractivity contribution in [2.24, 2.45) is 7.05 Å². The van der Waals surface area contributed by atoms with Gasteiger partial charge in [-0.2, -0.15) is 5.10 Å². The molecule has 2 aromatic carbocycles. The summed E-state index contributed by atoms with van der Waals surface area (Å²) in [6.45, 7) is 1.62. The van der Waals surface area contributed by atoms with E-state index in [1.54, 1.807) is 29.5 Å². The van der Waals surface area contributed by atoms with Crippen LogP contribution in [-0.2, 0) is 11.8 Å². The number of nitrogens with zero attached hydrogens (tertiary/aromatic N) is 5. The van der Waals surface area contributed by atoms with Crippen molar-refractivity contribution in [3.63, 3.8) is 0 Å². The lowest BCUT2D eigenvalue weighted by molar-refractivity contribution is -0.0135. The van der Waals surface area contributed by atoms with Gasteiger partial charge in [-0.15, -0.1) is 11.3 Å². The second kappa shape index (κ2) is 9.21. The van der Waals surface area contributed by atoms with Crippen LogP contribution in [0.1, 0.15) is 6.42 Å². The Morgan fingerprint density at radius 3 is 2.89 bits per heavy atom. The largest absolute Gasteiger partial charge is 0.487 e. The fraction of sp³-hybridized carbons (Fsp3) is 0.280. The Kier molecular flexibility index (Phi) is 5.77. The zero-order chi connectivity index (χ0) is 23.8. The first-order chi connectivity index (χ1) is 17.2. The van der Waals surface area contributed by atoms with Crippen LogP contribution in [0.2, 0.25) is 0 Å². The molecule has 1 saturated heterocycles. The van der Waals surface area contributed by atoms with Crippen molar-refractivity contribution in [2.75, 3.05) is 25.5 Å². The second-order valence-corrected chi connectivity index (χ2v) is 9.46. The number of aryl methyl sites for hydroxylation is 1. The number of hydrogen-bond acceptors (Lipinski definition) is 9. The maximum absolute atomic E-state index is 6.66. The highest BCUT2D eigenvalue weighted by Gasteiger charge is 2.28. The number of methoxy groups -OCH3 is 1. The van der Waals surface area contributed by atoms with Crippen molar-refractivity contribution in [1.82, 2.24) is 30.0 Å². The molecule has 0 amide bonds. The number of nitrogens with one attached hydrogen (secondary N) is 2. The van der Waals surface area contributed by atoms with Gasteiger partial charge in [-0.1, -0.05) is 0 Å². The zero-order valence-electron chi connectivity index (χ0n) is 19.4. The standard InChI is InChI=1S/C25H25N7O2S/c1-32-12-16(10-30-32)15-7-19-24(21(8-15)34-20-5-6-26-11-22(20)33-2)25(28-13-27-19)31-17-3-4-18-23(9-17)35-14-29-18/h3-4,7-10,12-14,20,22,26H,5-6,11H2,1-2H3,(H,27,28,31)/t20-,22-/m0/s1. The van der Waals surface area contributed by atoms with E-state index in [2.05, 4.69) is 48.9 Å². The number of ether oxygens (including phenoxy) is 2. The van der Waals surface area contributed by atoms with Gasteiger partial charge in [0.1, 0.15) is 30.1 Å². The Bertz CT molecular complexity index is 1500. The van der Waals surface area contributed by atoms with E-state index in [-0.39, 0.29) is 12.2 Å². The van der Waals surface area contributed by atoms with Gasteiger partial charge in [0.2, 0.25) is 0 Å².